The molecule has 1 atom stereocenters. The lowest BCUT2D eigenvalue weighted by molar-refractivity contribution is -0.154. The van der Waals surface area contributed by atoms with Crippen molar-refractivity contribution < 1.29 is 19.1 Å². The number of hydrogen-bond donors (Lipinski definition) is 3. The van der Waals surface area contributed by atoms with E-state index in [1.807, 2.05) is 0 Å². The molecule has 7 heteroatoms. The van der Waals surface area contributed by atoms with Gasteiger partial charge in [0.25, 0.3) is 5.91 Å². The minimum atomic E-state index is -1.33. The van der Waals surface area contributed by atoms with Crippen molar-refractivity contribution in [1.29, 1.82) is 0 Å². The Bertz CT molecular complexity index is 228. The molecule has 0 rings (SSSR count). The fraction of sp³-hybridized carbons (Fsp3) is 0.500. The predicted octanol–water partition coefficient (Wildman–Crippen LogP) is -2.78. The zero-order valence-electron chi connectivity index (χ0n) is 6.86. The van der Waals surface area contributed by atoms with Crippen LogP contribution in [-0.4, -0.2) is 30.4 Å². The van der Waals surface area contributed by atoms with Gasteiger partial charge in [-0.15, -0.1) is 0 Å². The van der Waals surface area contributed by atoms with Crippen LogP contribution in [0, 0.1) is 0 Å². The Balaban J connectivity index is 4.18. The third-order valence-electron chi connectivity index (χ3n) is 1.14. The van der Waals surface area contributed by atoms with Crippen LogP contribution in [0.3, 0.4) is 0 Å². The summed E-state index contributed by atoms with van der Waals surface area (Å²) < 4.78 is 4.43. The second-order valence-corrected chi connectivity index (χ2v) is 2.26. The van der Waals surface area contributed by atoms with E-state index in [2.05, 4.69) is 4.74 Å². The van der Waals surface area contributed by atoms with Crippen LogP contribution >= 0.6 is 0 Å². The summed E-state index contributed by atoms with van der Waals surface area (Å²) in [5.74, 6) is -2.53. The van der Waals surface area contributed by atoms with E-state index < -0.39 is 30.3 Å². The molecule has 0 radical (unpaired) electrons. The van der Waals surface area contributed by atoms with Gasteiger partial charge in [0.15, 0.2) is 6.10 Å². The summed E-state index contributed by atoms with van der Waals surface area (Å²) in [5, 5.41) is 0. The van der Waals surface area contributed by atoms with Crippen molar-refractivity contribution in [3.8, 4) is 0 Å². The van der Waals surface area contributed by atoms with Gasteiger partial charge in [-0.25, -0.2) is 0 Å². The second-order valence-electron chi connectivity index (χ2n) is 2.26. The molecule has 13 heavy (non-hydrogen) atoms. The van der Waals surface area contributed by atoms with Crippen LogP contribution in [0.25, 0.3) is 0 Å². The molecule has 0 spiro atoms. The van der Waals surface area contributed by atoms with Crippen molar-refractivity contribution >= 4 is 17.8 Å². The first-order chi connectivity index (χ1) is 5.97. The summed E-state index contributed by atoms with van der Waals surface area (Å²) in [6.07, 6.45) is -1.75. The van der Waals surface area contributed by atoms with E-state index in [0.29, 0.717) is 0 Å². The number of amides is 2. The number of carbonyl (C=O) groups is 3. The van der Waals surface area contributed by atoms with Crippen LogP contribution in [0.15, 0.2) is 0 Å². The lowest BCUT2D eigenvalue weighted by Gasteiger charge is -2.11. The van der Waals surface area contributed by atoms with Crippen molar-refractivity contribution in [2.45, 2.75) is 12.5 Å². The average Bonchev–Trinajstić information content (AvgIpc) is 2.02. The largest absolute Gasteiger partial charge is 0.451 e. The Kier molecular flexibility index (Phi) is 4.45. The van der Waals surface area contributed by atoms with Crippen LogP contribution in [0.2, 0.25) is 0 Å². The Morgan fingerprint density at radius 3 is 2.08 bits per heavy atom. The van der Waals surface area contributed by atoms with Gasteiger partial charge in [0.1, 0.15) is 0 Å². The normalized spacial score (nSPS) is 11.8. The third-order valence-corrected chi connectivity index (χ3v) is 1.14. The van der Waals surface area contributed by atoms with Gasteiger partial charge < -0.3 is 21.9 Å². The zero-order chi connectivity index (χ0) is 10.4. The van der Waals surface area contributed by atoms with Crippen LogP contribution < -0.4 is 17.2 Å². The Morgan fingerprint density at radius 2 is 1.77 bits per heavy atom. The molecule has 0 saturated heterocycles. The first kappa shape index (κ1) is 11.4. The highest BCUT2D eigenvalue weighted by molar-refractivity contribution is 5.87. The fourth-order valence-electron chi connectivity index (χ4n) is 0.590. The highest BCUT2D eigenvalue weighted by Gasteiger charge is 2.21. The molecule has 0 aliphatic heterocycles. The molecule has 0 aliphatic carbocycles. The lowest BCUT2D eigenvalue weighted by Crippen LogP contribution is -2.38. The maximum atomic E-state index is 10.6. The summed E-state index contributed by atoms with van der Waals surface area (Å²) in [5.41, 5.74) is 14.5. The molecular formula is C6H11N3O4. The molecule has 0 aromatic heterocycles. The van der Waals surface area contributed by atoms with E-state index in [1.54, 1.807) is 0 Å². The number of hydrogen-bond acceptors (Lipinski definition) is 5. The molecule has 0 heterocycles. The van der Waals surface area contributed by atoms with Gasteiger partial charge in [-0.05, 0) is 0 Å². The number of esters is 1. The van der Waals surface area contributed by atoms with E-state index in [-0.39, 0.29) is 6.54 Å². The van der Waals surface area contributed by atoms with Crippen molar-refractivity contribution in [1.82, 2.24) is 0 Å². The van der Waals surface area contributed by atoms with Gasteiger partial charge in [0.05, 0.1) is 13.0 Å². The van der Waals surface area contributed by atoms with Crippen molar-refractivity contribution in [3.05, 3.63) is 0 Å². The van der Waals surface area contributed by atoms with E-state index in [1.165, 1.54) is 0 Å². The standard InChI is InChI=1S/C6H11N3O4/c7-2-5(11)13-3(6(9)12)1-4(8)10/h3H,1-2,7H2,(H2,8,10)(H2,9,12). The molecule has 7 nitrogen and oxygen atoms in total. The molecule has 2 amide bonds. The Morgan fingerprint density at radius 1 is 1.23 bits per heavy atom. The number of primary amides is 2. The number of rotatable bonds is 5. The Labute approximate surface area is 74.2 Å². The minimum Gasteiger partial charge on any atom is -0.451 e. The summed E-state index contributed by atoms with van der Waals surface area (Å²) in [6, 6.07) is 0. The van der Waals surface area contributed by atoms with Crippen LogP contribution in [0.5, 0.6) is 0 Å². The highest BCUT2D eigenvalue weighted by atomic mass is 16.5. The lowest BCUT2D eigenvalue weighted by atomic mass is 10.2. The van der Waals surface area contributed by atoms with Gasteiger partial charge in [0.2, 0.25) is 5.91 Å². The van der Waals surface area contributed by atoms with Crippen molar-refractivity contribution in [2.24, 2.45) is 17.2 Å². The molecule has 74 valence electrons. The van der Waals surface area contributed by atoms with E-state index >= 15 is 0 Å². The minimum absolute atomic E-state index is 0.386. The predicted molar refractivity (Wildman–Crippen MR) is 41.9 cm³/mol. The van der Waals surface area contributed by atoms with E-state index in [0.717, 1.165) is 0 Å². The summed E-state index contributed by atoms with van der Waals surface area (Å²) in [7, 11) is 0. The monoisotopic (exact) mass is 189 g/mol. The maximum Gasteiger partial charge on any atom is 0.320 e. The first-order valence-electron chi connectivity index (χ1n) is 3.44. The number of carbonyl (C=O) groups excluding carboxylic acids is 3. The number of nitrogens with two attached hydrogens (primary N) is 3. The smallest absolute Gasteiger partial charge is 0.320 e. The van der Waals surface area contributed by atoms with Crippen LogP contribution in [0.1, 0.15) is 6.42 Å². The first-order valence-corrected chi connectivity index (χ1v) is 3.44. The summed E-state index contributed by atoms with van der Waals surface area (Å²) in [4.78, 5) is 31.6. The van der Waals surface area contributed by atoms with Gasteiger partial charge in [-0.1, -0.05) is 0 Å². The third kappa shape index (κ3) is 4.75. The zero-order valence-corrected chi connectivity index (χ0v) is 6.86. The molecule has 0 aromatic rings. The van der Waals surface area contributed by atoms with Crippen LogP contribution in [-0.2, 0) is 19.1 Å². The molecule has 1 unspecified atom stereocenters. The maximum absolute atomic E-state index is 10.6. The van der Waals surface area contributed by atoms with E-state index in [4.69, 9.17) is 17.2 Å². The molecule has 0 aromatic carbocycles. The van der Waals surface area contributed by atoms with Gasteiger partial charge in [-0.2, -0.15) is 0 Å². The molecule has 0 aliphatic rings. The highest BCUT2D eigenvalue weighted by Crippen LogP contribution is 1.97. The quantitative estimate of drug-likeness (QED) is 0.401. The molecule has 6 N–H and O–H groups in total. The average molecular weight is 189 g/mol. The summed E-state index contributed by atoms with van der Waals surface area (Å²) >= 11 is 0. The molecular weight excluding hydrogens is 178 g/mol. The van der Waals surface area contributed by atoms with Gasteiger partial charge in [-0.3, -0.25) is 14.4 Å². The van der Waals surface area contributed by atoms with Crippen LogP contribution in [0.4, 0.5) is 0 Å². The molecule has 0 saturated carbocycles. The van der Waals surface area contributed by atoms with Crippen molar-refractivity contribution in [2.75, 3.05) is 6.54 Å². The summed E-state index contributed by atoms with van der Waals surface area (Å²) in [6.45, 7) is -0.386. The molecule has 0 bridgehead atoms. The second kappa shape index (κ2) is 5.09. The van der Waals surface area contributed by atoms with E-state index in [9.17, 15) is 14.4 Å². The molecule has 0 fully saturated rings. The van der Waals surface area contributed by atoms with Gasteiger partial charge in [0, 0.05) is 0 Å². The SMILES string of the molecule is NCC(=O)OC(CC(N)=O)C(N)=O. The fourth-order valence-corrected chi connectivity index (χ4v) is 0.590. The number of ether oxygens (including phenoxy) is 1. The van der Waals surface area contributed by atoms with Crippen molar-refractivity contribution in [3.63, 3.8) is 0 Å². The van der Waals surface area contributed by atoms with Gasteiger partial charge >= 0.3 is 5.97 Å². The topological polar surface area (TPSA) is 138 Å². The Hall–Kier alpha value is -1.63.